The molecular weight excluding hydrogens is 434 g/mol. The normalized spacial score (nSPS) is 14.9. The van der Waals surface area contributed by atoms with Gasteiger partial charge >= 0.3 is 5.97 Å². The van der Waals surface area contributed by atoms with E-state index in [-0.39, 0.29) is 24.5 Å². The lowest BCUT2D eigenvalue weighted by atomic mass is 10.0. The lowest BCUT2D eigenvalue weighted by Gasteiger charge is -2.25. The van der Waals surface area contributed by atoms with E-state index < -0.39 is 53.8 Å². The largest absolute Gasteiger partial charge is 0.480 e. The van der Waals surface area contributed by atoms with Crippen molar-refractivity contribution in [3.05, 3.63) is 0 Å². The summed E-state index contributed by atoms with van der Waals surface area (Å²) in [7, 11) is 0. The van der Waals surface area contributed by atoms with Crippen molar-refractivity contribution < 1.29 is 29.1 Å². The van der Waals surface area contributed by atoms with Crippen molar-refractivity contribution >= 4 is 54.0 Å². The molecule has 0 fully saturated rings. The van der Waals surface area contributed by atoms with Crippen LogP contribution in [0.1, 0.15) is 26.7 Å². The second-order valence-electron chi connectivity index (χ2n) is 6.93. The molecular formula is C17H31N5O6S2. The highest BCUT2D eigenvalue weighted by atomic mass is 32.2. The number of nitrogens with two attached hydrogens (primary N) is 2. The fraction of sp³-hybridized carbons (Fsp3) is 0.706. The Balaban J connectivity index is 5.20. The molecule has 0 saturated carbocycles. The summed E-state index contributed by atoms with van der Waals surface area (Å²) in [6.45, 7) is 3.27. The number of hydrogen-bond acceptors (Lipinski definition) is 8. The number of nitrogens with one attached hydrogen (secondary N) is 3. The van der Waals surface area contributed by atoms with E-state index in [0.717, 1.165) is 0 Å². The molecule has 0 aromatic heterocycles. The van der Waals surface area contributed by atoms with Crippen LogP contribution in [0.5, 0.6) is 0 Å². The number of rotatable bonds is 14. The molecule has 0 radical (unpaired) electrons. The molecule has 0 aliphatic carbocycles. The minimum atomic E-state index is -1.21. The zero-order valence-electron chi connectivity index (χ0n) is 17.2. The Morgan fingerprint density at radius 1 is 1.00 bits per heavy atom. The molecule has 0 saturated heterocycles. The number of thiol groups is 1. The Labute approximate surface area is 185 Å². The van der Waals surface area contributed by atoms with Crippen LogP contribution in [0.25, 0.3) is 0 Å². The summed E-state index contributed by atoms with van der Waals surface area (Å²) in [4.78, 5) is 59.4. The molecule has 4 amide bonds. The van der Waals surface area contributed by atoms with Gasteiger partial charge in [0, 0.05) is 5.75 Å². The molecule has 0 aromatic carbocycles. The van der Waals surface area contributed by atoms with Gasteiger partial charge in [-0.2, -0.15) is 24.4 Å². The Morgan fingerprint density at radius 2 is 1.53 bits per heavy atom. The van der Waals surface area contributed by atoms with Gasteiger partial charge in [-0.1, -0.05) is 13.8 Å². The van der Waals surface area contributed by atoms with Crippen LogP contribution in [-0.2, 0) is 24.0 Å². The SMILES string of the molecule is CSCCC(NC(=O)C(N)CC(N)=O)C(=O)NC(CS)C(=O)NC(C(=O)O)C(C)C. The summed E-state index contributed by atoms with van der Waals surface area (Å²) >= 11 is 5.49. The first-order valence-electron chi connectivity index (χ1n) is 9.22. The number of hydrogen-bond donors (Lipinski definition) is 7. The van der Waals surface area contributed by atoms with Crippen LogP contribution in [0.4, 0.5) is 0 Å². The van der Waals surface area contributed by atoms with Crippen molar-refractivity contribution in [1.29, 1.82) is 0 Å². The van der Waals surface area contributed by atoms with Crippen molar-refractivity contribution in [1.82, 2.24) is 16.0 Å². The third kappa shape index (κ3) is 10.2. The third-order valence-electron chi connectivity index (χ3n) is 4.05. The molecule has 4 unspecified atom stereocenters. The fourth-order valence-corrected chi connectivity index (χ4v) is 3.06. The fourth-order valence-electron chi connectivity index (χ4n) is 2.33. The first kappa shape index (κ1) is 28.0. The Kier molecular flexibility index (Phi) is 13.2. The monoisotopic (exact) mass is 465 g/mol. The lowest BCUT2D eigenvalue weighted by molar-refractivity contribution is -0.143. The highest BCUT2D eigenvalue weighted by molar-refractivity contribution is 7.98. The topological polar surface area (TPSA) is 194 Å². The summed E-state index contributed by atoms with van der Waals surface area (Å²) in [5, 5.41) is 16.5. The Morgan fingerprint density at radius 3 is 1.97 bits per heavy atom. The number of thioether (sulfide) groups is 1. The first-order valence-corrected chi connectivity index (χ1v) is 11.2. The summed E-state index contributed by atoms with van der Waals surface area (Å²) in [6, 6.07) is -4.47. The molecule has 172 valence electrons. The van der Waals surface area contributed by atoms with Gasteiger partial charge in [0.05, 0.1) is 12.5 Å². The molecule has 30 heavy (non-hydrogen) atoms. The van der Waals surface area contributed by atoms with Gasteiger partial charge in [0.1, 0.15) is 18.1 Å². The Bertz CT molecular complexity index is 634. The predicted octanol–water partition coefficient (Wildman–Crippen LogP) is -1.93. The number of carboxylic acids is 1. The summed E-state index contributed by atoms with van der Waals surface area (Å²) < 4.78 is 0. The van der Waals surface area contributed by atoms with E-state index in [2.05, 4.69) is 28.6 Å². The van der Waals surface area contributed by atoms with Gasteiger partial charge < -0.3 is 32.5 Å². The van der Waals surface area contributed by atoms with Crippen molar-refractivity contribution in [2.45, 2.75) is 50.9 Å². The molecule has 0 rings (SSSR count). The maximum absolute atomic E-state index is 12.7. The van der Waals surface area contributed by atoms with Gasteiger partial charge in [0.25, 0.3) is 0 Å². The van der Waals surface area contributed by atoms with E-state index >= 15 is 0 Å². The van der Waals surface area contributed by atoms with Crippen LogP contribution >= 0.6 is 24.4 Å². The van der Waals surface area contributed by atoms with Gasteiger partial charge in [0.15, 0.2) is 0 Å². The lowest BCUT2D eigenvalue weighted by Crippen LogP contribution is -2.58. The molecule has 13 heteroatoms. The van der Waals surface area contributed by atoms with Crippen LogP contribution in [0.2, 0.25) is 0 Å². The van der Waals surface area contributed by atoms with Crippen LogP contribution < -0.4 is 27.4 Å². The summed E-state index contributed by atoms with van der Waals surface area (Å²) in [5.41, 5.74) is 10.6. The number of aliphatic carboxylic acids is 1. The molecule has 0 heterocycles. The van der Waals surface area contributed by atoms with Crippen molar-refractivity contribution in [3.8, 4) is 0 Å². The molecule has 8 N–H and O–H groups in total. The van der Waals surface area contributed by atoms with Gasteiger partial charge in [-0.05, 0) is 24.3 Å². The maximum atomic E-state index is 12.7. The second kappa shape index (κ2) is 14.1. The highest BCUT2D eigenvalue weighted by Gasteiger charge is 2.30. The molecule has 0 aliphatic rings. The van der Waals surface area contributed by atoms with Gasteiger partial charge in [-0.3, -0.25) is 19.2 Å². The highest BCUT2D eigenvalue weighted by Crippen LogP contribution is 2.05. The van der Waals surface area contributed by atoms with Gasteiger partial charge in [-0.25, -0.2) is 4.79 Å². The predicted molar refractivity (Wildman–Crippen MR) is 117 cm³/mol. The van der Waals surface area contributed by atoms with Crippen molar-refractivity contribution in [2.75, 3.05) is 17.8 Å². The Hall–Kier alpha value is -1.99. The van der Waals surface area contributed by atoms with Gasteiger partial charge in [0.2, 0.25) is 23.6 Å². The average Bonchev–Trinajstić information content (AvgIpc) is 2.65. The standard InChI is InChI=1S/C17H31N5O6S2/c1-8(2)13(17(27)28)22-16(26)11(7-29)21-15(25)10(4-5-30-3)20-14(24)9(18)6-12(19)23/h8-11,13,29H,4-7,18H2,1-3H3,(H2,19,23)(H,20,24)(H,21,25)(H,22,26)(H,27,28). The van der Waals surface area contributed by atoms with E-state index in [4.69, 9.17) is 11.5 Å². The summed E-state index contributed by atoms with van der Waals surface area (Å²) in [6.07, 6.45) is 1.68. The van der Waals surface area contributed by atoms with Crippen LogP contribution in [-0.4, -0.2) is 76.6 Å². The number of primary amides is 1. The minimum Gasteiger partial charge on any atom is -0.480 e. The number of carbonyl (C=O) groups is 5. The van der Waals surface area contributed by atoms with Gasteiger partial charge in [-0.15, -0.1) is 0 Å². The van der Waals surface area contributed by atoms with E-state index in [0.29, 0.717) is 5.75 Å². The zero-order chi connectivity index (χ0) is 23.4. The number of amides is 4. The second-order valence-corrected chi connectivity index (χ2v) is 8.28. The zero-order valence-corrected chi connectivity index (χ0v) is 18.9. The summed E-state index contributed by atoms with van der Waals surface area (Å²) in [5.74, 6) is -3.99. The molecule has 4 atom stereocenters. The molecule has 0 aromatic rings. The molecule has 11 nitrogen and oxygen atoms in total. The minimum absolute atomic E-state index is 0.0909. The van der Waals surface area contributed by atoms with Crippen molar-refractivity contribution in [2.24, 2.45) is 17.4 Å². The first-order chi connectivity index (χ1) is 13.9. The van der Waals surface area contributed by atoms with E-state index in [1.165, 1.54) is 11.8 Å². The third-order valence-corrected chi connectivity index (χ3v) is 5.06. The maximum Gasteiger partial charge on any atom is 0.326 e. The quantitative estimate of drug-likeness (QED) is 0.144. The van der Waals surface area contributed by atoms with Crippen LogP contribution in [0.3, 0.4) is 0 Å². The van der Waals surface area contributed by atoms with E-state index in [1.807, 2.05) is 6.26 Å². The van der Waals surface area contributed by atoms with Crippen LogP contribution in [0, 0.1) is 5.92 Å². The van der Waals surface area contributed by atoms with E-state index in [1.54, 1.807) is 13.8 Å². The average molecular weight is 466 g/mol. The van der Waals surface area contributed by atoms with Crippen LogP contribution in [0.15, 0.2) is 0 Å². The number of carbonyl (C=O) groups excluding carboxylic acids is 4. The van der Waals surface area contributed by atoms with E-state index in [9.17, 15) is 29.1 Å². The molecule has 0 aliphatic heterocycles. The number of carboxylic acid groups (broad SMARTS) is 1. The smallest absolute Gasteiger partial charge is 0.326 e. The molecule has 0 spiro atoms. The van der Waals surface area contributed by atoms with Crippen molar-refractivity contribution in [3.63, 3.8) is 0 Å². The molecule has 0 bridgehead atoms.